The Bertz CT molecular complexity index is 1020. The van der Waals surface area contributed by atoms with Gasteiger partial charge in [-0.05, 0) is 59.6 Å². The van der Waals surface area contributed by atoms with Gasteiger partial charge in [0.05, 0.1) is 18.2 Å². The number of rotatable bonds is 3. The molecule has 162 valence electrons. The number of carbonyl (C=O) groups is 2. The summed E-state index contributed by atoms with van der Waals surface area (Å²) in [6, 6.07) is 5.56. The summed E-state index contributed by atoms with van der Waals surface area (Å²) in [7, 11) is 0. The summed E-state index contributed by atoms with van der Waals surface area (Å²) in [6.07, 6.45) is 2.87. The maximum Gasteiger partial charge on any atom is 0.410 e. The van der Waals surface area contributed by atoms with E-state index in [0.29, 0.717) is 18.5 Å². The third-order valence-corrected chi connectivity index (χ3v) is 5.12. The number of fused-ring (bicyclic) bond motifs is 1. The molecule has 0 radical (unpaired) electrons. The molecule has 0 unspecified atom stereocenters. The zero-order chi connectivity index (χ0) is 22.1. The van der Waals surface area contributed by atoms with Crippen molar-refractivity contribution in [3.05, 3.63) is 45.7 Å². The van der Waals surface area contributed by atoms with Crippen LogP contribution in [0.25, 0.3) is 10.9 Å². The van der Waals surface area contributed by atoms with Gasteiger partial charge in [0.1, 0.15) is 11.2 Å². The maximum atomic E-state index is 13.0. The van der Waals surface area contributed by atoms with Gasteiger partial charge in [0.15, 0.2) is 0 Å². The van der Waals surface area contributed by atoms with Crippen LogP contribution in [0.4, 0.5) is 4.79 Å². The highest BCUT2D eigenvalue weighted by Crippen LogP contribution is 2.27. The van der Waals surface area contributed by atoms with Crippen LogP contribution in [0.2, 0.25) is 0 Å². The predicted octanol–water partition coefficient (Wildman–Crippen LogP) is 4.06. The second-order valence-electron chi connectivity index (χ2n) is 8.74. The fourth-order valence-corrected chi connectivity index (χ4v) is 3.80. The van der Waals surface area contributed by atoms with Gasteiger partial charge in [-0.1, -0.05) is 11.6 Å². The van der Waals surface area contributed by atoms with Crippen LogP contribution in [0, 0.1) is 6.92 Å². The molecule has 1 fully saturated rings. The topological polar surface area (TPSA) is 77.8 Å². The summed E-state index contributed by atoms with van der Waals surface area (Å²) >= 11 is 0. The predicted molar refractivity (Wildman–Crippen MR) is 115 cm³/mol. The van der Waals surface area contributed by atoms with Crippen molar-refractivity contribution in [2.75, 3.05) is 19.7 Å². The first kappa shape index (κ1) is 21.9. The monoisotopic (exact) mass is 414 g/mol. The molecular formula is C23H30N2O5. The molecule has 30 heavy (non-hydrogen) atoms. The number of benzene rings is 1. The summed E-state index contributed by atoms with van der Waals surface area (Å²) in [5.41, 5.74) is 0.802. The Hall–Kier alpha value is -2.83. The Morgan fingerprint density at radius 3 is 2.63 bits per heavy atom. The lowest BCUT2D eigenvalue weighted by Gasteiger charge is -2.35. The van der Waals surface area contributed by atoms with Crippen LogP contribution in [0.5, 0.6) is 0 Å². The van der Waals surface area contributed by atoms with Crippen molar-refractivity contribution in [2.24, 2.45) is 0 Å². The second-order valence-corrected chi connectivity index (χ2v) is 8.74. The Balaban J connectivity index is 2.04. The Labute approximate surface area is 176 Å². The summed E-state index contributed by atoms with van der Waals surface area (Å²) in [6.45, 7) is 10.4. The first-order valence-electron chi connectivity index (χ1n) is 10.4. The molecule has 0 N–H and O–H groups in total. The number of likely N-dealkylation sites (tertiary alicyclic amines) is 1. The standard InChI is InChI=1S/C23H30N2O5/c1-6-29-21(27)18-14-25(19-10-9-15(2)12-17(19)20(18)26)16-8-7-11-24(13-16)22(28)30-23(3,4)5/h9-10,12,14,16H,6-8,11,13H2,1-5H3/t16-/m1/s1. The highest BCUT2D eigenvalue weighted by Gasteiger charge is 2.29. The minimum Gasteiger partial charge on any atom is -0.462 e. The first-order chi connectivity index (χ1) is 14.1. The van der Waals surface area contributed by atoms with E-state index in [1.54, 1.807) is 24.1 Å². The van der Waals surface area contributed by atoms with E-state index in [9.17, 15) is 14.4 Å². The Kier molecular flexibility index (Phi) is 6.19. The average molecular weight is 415 g/mol. The van der Waals surface area contributed by atoms with Crippen molar-refractivity contribution < 1.29 is 19.1 Å². The van der Waals surface area contributed by atoms with Crippen LogP contribution in [-0.2, 0) is 9.47 Å². The molecule has 0 spiro atoms. The molecule has 1 aromatic heterocycles. The second kappa shape index (κ2) is 8.50. The van der Waals surface area contributed by atoms with Gasteiger partial charge in [0, 0.05) is 24.7 Å². The number of amides is 1. The molecule has 2 aromatic rings. The fourth-order valence-electron chi connectivity index (χ4n) is 3.80. The van der Waals surface area contributed by atoms with Gasteiger partial charge in [-0.25, -0.2) is 9.59 Å². The van der Waals surface area contributed by atoms with Crippen molar-refractivity contribution in [2.45, 2.75) is 59.1 Å². The van der Waals surface area contributed by atoms with Gasteiger partial charge in [-0.15, -0.1) is 0 Å². The fraction of sp³-hybridized carbons (Fsp3) is 0.522. The minimum absolute atomic E-state index is 0.0179. The number of pyridine rings is 1. The SMILES string of the molecule is CCOC(=O)c1cn([C@@H]2CCCN(C(=O)OC(C)(C)C)C2)c2ccc(C)cc2c1=O. The van der Waals surface area contributed by atoms with E-state index in [2.05, 4.69) is 0 Å². The van der Waals surface area contributed by atoms with Gasteiger partial charge >= 0.3 is 12.1 Å². The summed E-state index contributed by atoms with van der Waals surface area (Å²) in [5, 5.41) is 0.481. The van der Waals surface area contributed by atoms with E-state index in [0.717, 1.165) is 23.9 Å². The molecular weight excluding hydrogens is 384 g/mol. The van der Waals surface area contributed by atoms with Crippen LogP contribution in [0.1, 0.15) is 62.5 Å². The molecule has 7 nitrogen and oxygen atoms in total. The van der Waals surface area contributed by atoms with Gasteiger partial charge in [0.2, 0.25) is 5.43 Å². The molecule has 3 rings (SSSR count). The molecule has 1 saturated heterocycles. The van der Waals surface area contributed by atoms with E-state index < -0.39 is 11.6 Å². The first-order valence-corrected chi connectivity index (χ1v) is 10.4. The largest absolute Gasteiger partial charge is 0.462 e. The molecule has 1 atom stereocenters. The average Bonchev–Trinajstić information content (AvgIpc) is 2.67. The minimum atomic E-state index is -0.625. The number of ether oxygens (including phenoxy) is 2. The molecule has 0 aliphatic carbocycles. The summed E-state index contributed by atoms with van der Waals surface area (Å²) in [4.78, 5) is 39.7. The Morgan fingerprint density at radius 2 is 1.97 bits per heavy atom. The van der Waals surface area contributed by atoms with Crippen LogP contribution in [0.3, 0.4) is 0 Å². The lowest BCUT2D eigenvalue weighted by molar-refractivity contribution is 0.0173. The number of esters is 1. The van der Waals surface area contributed by atoms with Gasteiger partial charge in [0.25, 0.3) is 0 Å². The van der Waals surface area contributed by atoms with Gasteiger partial charge in [-0.2, -0.15) is 0 Å². The quantitative estimate of drug-likeness (QED) is 0.708. The third kappa shape index (κ3) is 4.66. The number of hydrogen-bond donors (Lipinski definition) is 0. The number of aryl methyl sites for hydroxylation is 1. The highest BCUT2D eigenvalue weighted by molar-refractivity contribution is 5.94. The van der Waals surface area contributed by atoms with Crippen molar-refractivity contribution in [3.8, 4) is 0 Å². The third-order valence-electron chi connectivity index (χ3n) is 5.12. The summed E-state index contributed by atoms with van der Waals surface area (Å²) < 4.78 is 12.6. The smallest absolute Gasteiger partial charge is 0.410 e. The molecule has 1 amide bonds. The molecule has 2 heterocycles. The van der Waals surface area contributed by atoms with Crippen LogP contribution < -0.4 is 5.43 Å². The van der Waals surface area contributed by atoms with E-state index in [4.69, 9.17) is 9.47 Å². The number of hydrogen-bond acceptors (Lipinski definition) is 5. The van der Waals surface area contributed by atoms with Crippen molar-refractivity contribution in [3.63, 3.8) is 0 Å². The van der Waals surface area contributed by atoms with E-state index in [-0.39, 0.29) is 29.7 Å². The normalized spacial score (nSPS) is 17.1. The van der Waals surface area contributed by atoms with Crippen LogP contribution in [-0.4, -0.2) is 46.8 Å². The molecule has 1 aliphatic heterocycles. The van der Waals surface area contributed by atoms with E-state index in [1.807, 2.05) is 44.4 Å². The number of piperidine rings is 1. The van der Waals surface area contributed by atoms with E-state index in [1.165, 1.54) is 0 Å². The zero-order valence-corrected chi connectivity index (χ0v) is 18.4. The Morgan fingerprint density at radius 1 is 1.23 bits per heavy atom. The van der Waals surface area contributed by atoms with Crippen molar-refractivity contribution >= 4 is 23.0 Å². The number of nitrogens with zero attached hydrogens (tertiary/aromatic N) is 2. The van der Waals surface area contributed by atoms with Crippen LogP contribution in [0.15, 0.2) is 29.2 Å². The number of aromatic nitrogens is 1. The molecule has 7 heteroatoms. The van der Waals surface area contributed by atoms with Gasteiger partial charge in [-0.3, -0.25) is 4.79 Å². The van der Waals surface area contributed by atoms with Crippen molar-refractivity contribution in [1.82, 2.24) is 9.47 Å². The molecule has 1 aliphatic rings. The molecule has 0 saturated carbocycles. The molecule has 1 aromatic carbocycles. The number of carbonyl (C=O) groups excluding carboxylic acids is 2. The van der Waals surface area contributed by atoms with Gasteiger partial charge < -0.3 is 18.9 Å². The lowest BCUT2D eigenvalue weighted by Crippen LogP contribution is -2.43. The van der Waals surface area contributed by atoms with Crippen LogP contribution >= 0.6 is 0 Å². The van der Waals surface area contributed by atoms with Crippen molar-refractivity contribution in [1.29, 1.82) is 0 Å². The highest BCUT2D eigenvalue weighted by atomic mass is 16.6. The lowest BCUT2D eigenvalue weighted by atomic mass is 10.0. The molecule has 0 bridgehead atoms. The zero-order valence-electron chi connectivity index (χ0n) is 18.4. The maximum absolute atomic E-state index is 13.0. The van der Waals surface area contributed by atoms with E-state index >= 15 is 0 Å². The summed E-state index contributed by atoms with van der Waals surface area (Å²) in [5.74, 6) is -0.625.